The molecular weight excluding hydrogens is 266 g/mol. The van der Waals surface area contributed by atoms with Crippen LogP contribution in [0.1, 0.15) is 26.3 Å². The molecule has 0 radical (unpaired) electrons. The lowest BCUT2D eigenvalue weighted by atomic mass is 9.82. The zero-order valence-electron chi connectivity index (χ0n) is 13.4. The van der Waals surface area contributed by atoms with E-state index in [0.29, 0.717) is 5.92 Å². The monoisotopic (exact) mass is 287 g/mol. The second kappa shape index (κ2) is 5.76. The highest BCUT2D eigenvalue weighted by molar-refractivity contribution is 6.16. The molecule has 0 unspecified atom stereocenters. The molecule has 1 aromatic carbocycles. The molecule has 0 saturated carbocycles. The SMILES string of the molecule is C=C(C)C1C(C)=CC(=C/C=C2\C=Nc3ccccc32)C=C1C. The van der Waals surface area contributed by atoms with Crippen molar-refractivity contribution < 1.29 is 0 Å². The van der Waals surface area contributed by atoms with Crippen molar-refractivity contribution >= 4 is 17.5 Å². The van der Waals surface area contributed by atoms with E-state index in [2.05, 4.69) is 68.8 Å². The normalized spacial score (nSPS) is 21.5. The maximum atomic E-state index is 4.44. The van der Waals surface area contributed by atoms with Crippen LogP contribution in [-0.4, -0.2) is 6.21 Å². The first-order valence-corrected chi connectivity index (χ1v) is 7.63. The van der Waals surface area contributed by atoms with Crippen LogP contribution in [0.4, 0.5) is 5.69 Å². The van der Waals surface area contributed by atoms with Gasteiger partial charge in [-0.3, -0.25) is 4.99 Å². The van der Waals surface area contributed by atoms with Crippen molar-refractivity contribution in [3.8, 4) is 0 Å². The van der Waals surface area contributed by atoms with E-state index in [0.717, 1.165) is 5.69 Å². The van der Waals surface area contributed by atoms with Crippen molar-refractivity contribution in [2.45, 2.75) is 20.8 Å². The maximum Gasteiger partial charge on any atom is 0.0708 e. The summed E-state index contributed by atoms with van der Waals surface area (Å²) in [6.07, 6.45) is 10.8. The predicted molar refractivity (Wildman–Crippen MR) is 96.5 cm³/mol. The van der Waals surface area contributed by atoms with Gasteiger partial charge in [0.15, 0.2) is 0 Å². The van der Waals surface area contributed by atoms with Crippen LogP contribution in [-0.2, 0) is 0 Å². The molecule has 0 N–H and O–H groups in total. The van der Waals surface area contributed by atoms with Crippen LogP contribution in [0.25, 0.3) is 5.57 Å². The van der Waals surface area contributed by atoms with Gasteiger partial charge in [-0.25, -0.2) is 0 Å². The molecule has 1 aromatic rings. The summed E-state index contributed by atoms with van der Waals surface area (Å²) >= 11 is 0. The Hall–Kier alpha value is -2.41. The van der Waals surface area contributed by atoms with Crippen molar-refractivity contribution in [2.24, 2.45) is 10.9 Å². The minimum atomic E-state index is 0.388. The number of allylic oxidation sites excluding steroid dienone is 9. The fourth-order valence-corrected chi connectivity index (χ4v) is 3.32. The number of aliphatic imine (C=N–C) groups is 1. The first-order chi connectivity index (χ1) is 10.6. The van der Waals surface area contributed by atoms with E-state index in [1.807, 2.05) is 18.3 Å². The molecule has 1 aliphatic heterocycles. The topological polar surface area (TPSA) is 12.4 Å². The summed E-state index contributed by atoms with van der Waals surface area (Å²) in [5.41, 5.74) is 8.58. The molecule has 1 aliphatic carbocycles. The average molecular weight is 287 g/mol. The Morgan fingerprint density at radius 1 is 1.09 bits per heavy atom. The summed E-state index contributed by atoms with van der Waals surface area (Å²) in [6, 6.07) is 8.24. The van der Waals surface area contributed by atoms with Gasteiger partial charge < -0.3 is 0 Å². The predicted octanol–water partition coefficient (Wildman–Crippen LogP) is 5.81. The summed E-state index contributed by atoms with van der Waals surface area (Å²) in [6.45, 7) is 10.6. The van der Waals surface area contributed by atoms with E-state index in [1.54, 1.807) is 0 Å². The van der Waals surface area contributed by atoms with Crippen molar-refractivity contribution in [3.05, 3.63) is 83.0 Å². The average Bonchev–Trinajstić information content (AvgIpc) is 2.87. The Balaban J connectivity index is 1.91. The van der Waals surface area contributed by atoms with Crippen molar-refractivity contribution in [3.63, 3.8) is 0 Å². The summed E-state index contributed by atoms with van der Waals surface area (Å²) in [5.74, 6) is 0.388. The van der Waals surface area contributed by atoms with Gasteiger partial charge in [-0.05, 0) is 32.4 Å². The molecule has 3 rings (SSSR count). The van der Waals surface area contributed by atoms with Gasteiger partial charge in [-0.2, -0.15) is 0 Å². The maximum absolute atomic E-state index is 4.44. The minimum Gasteiger partial charge on any atom is -0.256 e. The molecule has 0 aromatic heterocycles. The van der Waals surface area contributed by atoms with Gasteiger partial charge in [-0.15, -0.1) is 0 Å². The van der Waals surface area contributed by atoms with Crippen LogP contribution in [0.3, 0.4) is 0 Å². The minimum absolute atomic E-state index is 0.388. The zero-order valence-corrected chi connectivity index (χ0v) is 13.4. The lowest BCUT2D eigenvalue weighted by molar-refractivity contribution is 0.821. The third-order valence-electron chi connectivity index (χ3n) is 4.21. The third-order valence-corrected chi connectivity index (χ3v) is 4.21. The second-order valence-electron chi connectivity index (χ2n) is 6.12. The number of rotatable bonds is 2. The fraction of sp³-hybridized carbons (Fsp3) is 0.190. The Labute approximate surface area is 132 Å². The molecule has 0 atom stereocenters. The third kappa shape index (κ3) is 2.67. The van der Waals surface area contributed by atoms with Gasteiger partial charge in [0.25, 0.3) is 0 Å². The number of benzene rings is 1. The van der Waals surface area contributed by atoms with Crippen LogP contribution in [0, 0.1) is 5.92 Å². The molecule has 0 amide bonds. The number of nitrogens with zero attached hydrogens (tertiary/aromatic N) is 1. The molecular formula is C21H21N. The van der Waals surface area contributed by atoms with Gasteiger partial charge in [0.1, 0.15) is 0 Å². The summed E-state index contributed by atoms with van der Waals surface area (Å²) in [5, 5.41) is 0. The number of fused-ring (bicyclic) bond motifs is 1. The van der Waals surface area contributed by atoms with E-state index in [1.165, 1.54) is 33.4 Å². The molecule has 2 aliphatic rings. The number of hydrogen-bond donors (Lipinski definition) is 0. The molecule has 1 nitrogen and oxygen atoms in total. The highest BCUT2D eigenvalue weighted by Gasteiger charge is 2.17. The van der Waals surface area contributed by atoms with Gasteiger partial charge in [-0.1, -0.05) is 65.8 Å². The zero-order chi connectivity index (χ0) is 15.7. The molecule has 22 heavy (non-hydrogen) atoms. The van der Waals surface area contributed by atoms with Crippen LogP contribution < -0.4 is 0 Å². The molecule has 0 saturated heterocycles. The van der Waals surface area contributed by atoms with E-state index < -0.39 is 0 Å². The Morgan fingerprint density at radius 3 is 2.45 bits per heavy atom. The van der Waals surface area contributed by atoms with E-state index in [9.17, 15) is 0 Å². The van der Waals surface area contributed by atoms with Crippen molar-refractivity contribution in [1.82, 2.24) is 0 Å². The van der Waals surface area contributed by atoms with Gasteiger partial charge >= 0.3 is 0 Å². The highest BCUT2D eigenvalue weighted by atomic mass is 14.7. The number of para-hydroxylation sites is 1. The van der Waals surface area contributed by atoms with E-state index in [4.69, 9.17) is 0 Å². The second-order valence-corrected chi connectivity index (χ2v) is 6.12. The highest BCUT2D eigenvalue weighted by Crippen LogP contribution is 2.34. The van der Waals surface area contributed by atoms with Crippen LogP contribution in [0.5, 0.6) is 0 Å². The van der Waals surface area contributed by atoms with Crippen molar-refractivity contribution in [2.75, 3.05) is 0 Å². The van der Waals surface area contributed by atoms with Gasteiger partial charge in [0.2, 0.25) is 0 Å². The lowest BCUT2D eigenvalue weighted by Gasteiger charge is -2.23. The first kappa shape index (κ1) is 14.5. The molecule has 0 spiro atoms. The van der Waals surface area contributed by atoms with Crippen LogP contribution >= 0.6 is 0 Å². The molecule has 0 fully saturated rings. The Kier molecular flexibility index (Phi) is 3.81. The van der Waals surface area contributed by atoms with Gasteiger partial charge in [0.05, 0.1) is 5.69 Å². The molecule has 0 bridgehead atoms. The van der Waals surface area contributed by atoms with Crippen LogP contribution in [0.15, 0.2) is 82.4 Å². The molecule has 1 heterocycles. The Bertz CT molecular complexity index is 760. The smallest absolute Gasteiger partial charge is 0.0708 e. The fourth-order valence-electron chi connectivity index (χ4n) is 3.32. The summed E-state index contributed by atoms with van der Waals surface area (Å²) in [4.78, 5) is 4.44. The summed E-state index contributed by atoms with van der Waals surface area (Å²) in [7, 11) is 0. The number of hydrogen-bond acceptors (Lipinski definition) is 1. The molecule has 110 valence electrons. The lowest BCUT2D eigenvalue weighted by Crippen LogP contribution is -2.08. The van der Waals surface area contributed by atoms with E-state index >= 15 is 0 Å². The van der Waals surface area contributed by atoms with E-state index in [-0.39, 0.29) is 0 Å². The first-order valence-electron chi connectivity index (χ1n) is 7.63. The molecule has 1 heteroatoms. The van der Waals surface area contributed by atoms with Gasteiger partial charge in [0, 0.05) is 23.3 Å². The standard InChI is InChI=1S/C21H21N/c1-14(2)21-15(3)11-17(12-16(21)4)9-10-18-13-22-20-8-6-5-7-19(18)20/h5-13,21H,1H2,2-4H3/b17-9?,18-10+. The summed E-state index contributed by atoms with van der Waals surface area (Å²) < 4.78 is 0. The largest absolute Gasteiger partial charge is 0.256 e. The Morgan fingerprint density at radius 2 is 1.77 bits per heavy atom. The van der Waals surface area contributed by atoms with Crippen LogP contribution in [0.2, 0.25) is 0 Å². The van der Waals surface area contributed by atoms with Crippen molar-refractivity contribution in [1.29, 1.82) is 0 Å². The quantitative estimate of drug-likeness (QED) is 0.608.